The van der Waals surface area contributed by atoms with Gasteiger partial charge in [-0.3, -0.25) is 14.4 Å². The zero-order valence-corrected chi connectivity index (χ0v) is 13.9. The molecule has 0 radical (unpaired) electrons. The van der Waals surface area contributed by atoms with E-state index in [-0.39, 0.29) is 29.6 Å². The highest BCUT2D eigenvalue weighted by Gasteiger charge is 2.21. The molecule has 0 unspecified atom stereocenters. The molecule has 126 valence electrons. The number of carbonyl (C=O) groups excluding carboxylic acids is 3. The summed E-state index contributed by atoms with van der Waals surface area (Å²) < 4.78 is 0. The van der Waals surface area contributed by atoms with Crippen LogP contribution in [0.15, 0.2) is 0 Å². The normalized spacial score (nSPS) is 10.0. The quantitative estimate of drug-likeness (QED) is 0.575. The molecule has 0 fully saturated rings. The second kappa shape index (κ2) is 8.28. The van der Waals surface area contributed by atoms with Crippen molar-refractivity contribution in [2.45, 2.75) is 27.2 Å². The highest BCUT2D eigenvalue weighted by Crippen LogP contribution is 2.33. The number of nitrogens with one attached hydrogen (secondary N) is 3. The van der Waals surface area contributed by atoms with Crippen LogP contribution in [0.4, 0.5) is 5.00 Å². The lowest BCUT2D eigenvalue weighted by molar-refractivity contribution is -0.126. The lowest BCUT2D eigenvalue weighted by Crippen LogP contribution is -2.39. The van der Waals surface area contributed by atoms with Crippen LogP contribution in [0.25, 0.3) is 0 Å². The molecule has 0 saturated heterocycles. The first kappa shape index (κ1) is 18.6. The molecule has 0 aliphatic rings. The summed E-state index contributed by atoms with van der Waals surface area (Å²) in [6.45, 7) is 4.38. The first-order chi connectivity index (χ1) is 10.8. The van der Waals surface area contributed by atoms with Crippen LogP contribution in [0.3, 0.4) is 0 Å². The van der Waals surface area contributed by atoms with Crippen LogP contribution in [0.2, 0.25) is 0 Å². The largest absolute Gasteiger partial charge is 0.478 e. The van der Waals surface area contributed by atoms with Crippen LogP contribution in [0, 0.1) is 6.92 Å². The number of aryl methyl sites for hydroxylation is 1. The maximum atomic E-state index is 11.8. The third kappa shape index (κ3) is 5.37. The van der Waals surface area contributed by atoms with Crippen molar-refractivity contribution >= 4 is 40.0 Å². The summed E-state index contributed by atoms with van der Waals surface area (Å²) in [5.41, 5.74) is 0.778. The number of hydrogen-bond acceptors (Lipinski definition) is 5. The molecule has 0 aromatic carbocycles. The smallest absolute Gasteiger partial charge is 0.339 e. The van der Waals surface area contributed by atoms with Crippen LogP contribution in [0.1, 0.15) is 34.6 Å². The predicted octanol–water partition coefficient (Wildman–Crippen LogP) is 0.508. The molecule has 0 atom stereocenters. The van der Waals surface area contributed by atoms with E-state index in [4.69, 9.17) is 0 Å². The number of amides is 3. The first-order valence-electron chi connectivity index (χ1n) is 6.92. The van der Waals surface area contributed by atoms with Crippen molar-refractivity contribution in [3.05, 3.63) is 16.0 Å². The van der Waals surface area contributed by atoms with Crippen LogP contribution < -0.4 is 16.0 Å². The predicted molar refractivity (Wildman–Crippen MR) is 85.7 cm³/mol. The molecule has 8 nitrogen and oxygen atoms in total. The molecule has 0 bridgehead atoms. The first-order valence-corrected chi connectivity index (χ1v) is 7.74. The zero-order chi connectivity index (χ0) is 17.6. The molecular formula is C14H19N3O5S. The van der Waals surface area contributed by atoms with Gasteiger partial charge in [-0.15, -0.1) is 11.3 Å². The molecule has 4 N–H and O–H groups in total. The topological polar surface area (TPSA) is 125 Å². The molecule has 0 spiro atoms. The maximum absolute atomic E-state index is 11.8. The van der Waals surface area contributed by atoms with Crippen molar-refractivity contribution in [3.8, 4) is 0 Å². The Kier molecular flexibility index (Phi) is 6.70. The van der Waals surface area contributed by atoms with E-state index < -0.39 is 17.8 Å². The van der Waals surface area contributed by atoms with Gasteiger partial charge in [-0.25, -0.2) is 4.79 Å². The molecule has 0 saturated carbocycles. The lowest BCUT2D eigenvalue weighted by atomic mass is 10.1. The lowest BCUT2D eigenvalue weighted by Gasteiger charge is -2.07. The average molecular weight is 341 g/mol. The maximum Gasteiger partial charge on any atom is 0.339 e. The summed E-state index contributed by atoms with van der Waals surface area (Å²) >= 11 is 1.19. The number of rotatable bonds is 7. The fraction of sp³-hybridized carbons (Fsp3) is 0.429. The van der Waals surface area contributed by atoms with Crippen molar-refractivity contribution in [2.24, 2.45) is 0 Å². The van der Waals surface area contributed by atoms with Gasteiger partial charge in [-0.05, 0) is 18.9 Å². The minimum absolute atomic E-state index is 0.0907. The monoisotopic (exact) mass is 341 g/mol. The highest BCUT2D eigenvalue weighted by atomic mass is 32.1. The summed E-state index contributed by atoms with van der Waals surface area (Å²) in [7, 11) is 0. The molecule has 1 rings (SSSR count). The van der Waals surface area contributed by atoms with E-state index >= 15 is 0 Å². The Hall–Kier alpha value is -2.42. The van der Waals surface area contributed by atoms with E-state index in [1.165, 1.54) is 18.3 Å². The summed E-state index contributed by atoms with van der Waals surface area (Å²) in [5.74, 6) is -2.49. The van der Waals surface area contributed by atoms with Gasteiger partial charge >= 0.3 is 5.97 Å². The van der Waals surface area contributed by atoms with Gasteiger partial charge in [0.25, 0.3) is 0 Å². The Morgan fingerprint density at radius 3 is 2.22 bits per heavy atom. The highest BCUT2D eigenvalue weighted by molar-refractivity contribution is 7.16. The van der Waals surface area contributed by atoms with Crippen LogP contribution in [-0.4, -0.2) is 41.9 Å². The summed E-state index contributed by atoms with van der Waals surface area (Å²) in [5, 5.41) is 16.7. The van der Waals surface area contributed by atoms with Crippen molar-refractivity contribution in [1.29, 1.82) is 0 Å². The van der Waals surface area contributed by atoms with Crippen molar-refractivity contribution in [2.75, 3.05) is 18.4 Å². The molecular weight excluding hydrogens is 322 g/mol. The van der Waals surface area contributed by atoms with Gasteiger partial charge < -0.3 is 21.1 Å². The number of hydrogen-bond donors (Lipinski definition) is 4. The zero-order valence-electron chi connectivity index (χ0n) is 13.1. The summed E-state index contributed by atoms with van der Waals surface area (Å²) in [6, 6.07) is 0. The molecule has 3 amide bonds. The Balaban J connectivity index is 2.66. The molecule has 0 aliphatic heterocycles. The van der Waals surface area contributed by atoms with E-state index in [2.05, 4.69) is 16.0 Å². The van der Waals surface area contributed by atoms with Crippen molar-refractivity contribution in [1.82, 2.24) is 10.6 Å². The fourth-order valence-electron chi connectivity index (χ4n) is 1.94. The van der Waals surface area contributed by atoms with E-state index in [1.807, 2.05) is 6.92 Å². The molecule has 1 aromatic rings. The van der Waals surface area contributed by atoms with Crippen LogP contribution in [-0.2, 0) is 20.8 Å². The molecule has 0 aliphatic carbocycles. The third-order valence-electron chi connectivity index (χ3n) is 2.97. The minimum atomic E-state index is -1.10. The molecule has 1 heterocycles. The van der Waals surface area contributed by atoms with Gasteiger partial charge in [0.15, 0.2) is 0 Å². The van der Waals surface area contributed by atoms with Gasteiger partial charge in [0.2, 0.25) is 17.7 Å². The third-order valence-corrected chi connectivity index (χ3v) is 4.04. The number of carboxylic acids is 1. The SMILES string of the molecule is CCc1c(C)sc(NC(=O)CNC(=O)CNC(C)=O)c1C(=O)O. The van der Waals surface area contributed by atoms with E-state index in [9.17, 15) is 24.3 Å². The average Bonchev–Trinajstić information content (AvgIpc) is 2.78. The summed E-state index contributed by atoms with van der Waals surface area (Å²) in [6.07, 6.45) is 0.549. The van der Waals surface area contributed by atoms with E-state index in [0.29, 0.717) is 12.0 Å². The number of anilines is 1. The van der Waals surface area contributed by atoms with Gasteiger partial charge in [-0.2, -0.15) is 0 Å². The minimum Gasteiger partial charge on any atom is -0.478 e. The fourth-order valence-corrected chi connectivity index (χ4v) is 3.09. The number of carboxylic acid groups (broad SMARTS) is 1. The van der Waals surface area contributed by atoms with Gasteiger partial charge in [0.05, 0.1) is 18.7 Å². The number of carbonyl (C=O) groups is 4. The molecule has 1 aromatic heterocycles. The van der Waals surface area contributed by atoms with Crippen molar-refractivity contribution in [3.63, 3.8) is 0 Å². The van der Waals surface area contributed by atoms with E-state index in [0.717, 1.165) is 4.88 Å². The second-order valence-electron chi connectivity index (χ2n) is 4.73. The van der Waals surface area contributed by atoms with Crippen LogP contribution in [0.5, 0.6) is 0 Å². The Bertz CT molecular complexity index is 639. The van der Waals surface area contributed by atoms with Gasteiger partial charge in [-0.1, -0.05) is 6.92 Å². The van der Waals surface area contributed by atoms with Crippen LogP contribution >= 0.6 is 11.3 Å². The summed E-state index contributed by atoms with van der Waals surface area (Å²) in [4.78, 5) is 46.1. The standard InChI is InChI=1S/C14H19N3O5S/c1-4-9-7(2)23-13(12(9)14(21)22)17-11(20)6-16-10(19)5-15-8(3)18/h4-6H2,1-3H3,(H,15,18)(H,16,19)(H,17,20)(H,21,22). The number of aromatic carboxylic acids is 1. The van der Waals surface area contributed by atoms with Crippen molar-refractivity contribution < 1.29 is 24.3 Å². The Morgan fingerprint density at radius 1 is 1.09 bits per heavy atom. The number of thiophene rings is 1. The second-order valence-corrected chi connectivity index (χ2v) is 5.96. The molecule has 9 heteroatoms. The van der Waals surface area contributed by atoms with Gasteiger partial charge in [0, 0.05) is 11.8 Å². The Labute approximate surface area is 137 Å². The molecule has 23 heavy (non-hydrogen) atoms. The Morgan fingerprint density at radius 2 is 1.70 bits per heavy atom. The van der Waals surface area contributed by atoms with E-state index in [1.54, 1.807) is 6.92 Å². The van der Waals surface area contributed by atoms with Gasteiger partial charge in [0.1, 0.15) is 5.00 Å².